The van der Waals surface area contributed by atoms with Crippen LogP contribution in [0.25, 0.3) is 0 Å². The fourth-order valence-corrected chi connectivity index (χ4v) is 3.83. The maximum Gasteiger partial charge on any atom is 0.323 e. The number of carbonyl (C=O) groups is 1. The molecule has 0 aromatic rings. The van der Waals surface area contributed by atoms with Gasteiger partial charge in [-0.15, -0.1) is 0 Å². The van der Waals surface area contributed by atoms with Gasteiger partial charge in [-0.3, -0.25) is 9.69 Å². The van der Waals surface area contributed by atoms with Gasteiger partial charge in [0, 0.05) is 6.04 Å². The summed E-state index contributed by atoms with van der Waals surface area (Å²) in [6, 6.07) is 0.667. The summed E-state index contributed by atoms with van der Waals surface area (Å²) in [7, 11) is 1.53. The van der Waals surface area contributed by atoms with Crippen LogP contribution in [0.4, 0.5) is 0 Å². The molecule has 2 aliphatic rings. The number of fused-ring (bicyclic) bond motifs is 1. The number of methoxy groups -OCH3 is 1. The maximum absolute atomic E-state index is 12.0. The first-order chi connectivity index (χ1) is 8.77. The van der Waals surface area contributed by atoms with E-state index in [1.165, 1.54) is 39.2 Å². The molecule has 0 amide bonds. The highest BCUT2D eigenvalue weighted by Crippen LogP contribution is 2.38. The fraction of sp³-hybridized carbons (Fsp3) is 0.933. The Morgan fingerprint density at radius 1 is 1.33 bits per heavy atom. The van der Waals surface area contributed by atoms with Crippen molar-refractivity contribution in [1.29, 1.82) is 0 Å². The molecule has 3 heteroatoms. The first-order valence-electron chi connectivity index (χ1n) is 7.61. The summed E-state index contributed by atoms with van der Waals surface area (Å²) in [4.78, 5) is 14.5. The Bertz CT molecular complexity index is 280. The quantitative estimate of drug-likeness (QED) is 0.705. The molecule has 0 N–H and O–H groups in total. The molecule has 3 unspecified atom stereocenters. The van der Waals surface area contributed by atoms with E-state index >= 15 is 0 Å². The Morgan fingerprint density at radius 2 is 2.11 bits per heavy atom. The van der Waals surface area contributed by atoms with Crippen molar-refractivity contribution in [3.8, 4) is 0 Å². The molecule has 0 radical (unpaired) electrons. The number of likely N-dealkylation sites (tertiary alicyclic amines) is 1. The number of carbonyl (C=O) groups excluding carboxylic acids is 1. The molecule has 2 rings (SSSR count). The standard InChI is InChI=1S/C15H27NO2/c1-3-4-9-14(15(17)18-2)16-11-6-8-12-7-5-10-13(12)16/h12-14H,3-11H2,1-2H3. The minimum atomic E-state index is -0.0176. The molecule has 0 spiro atoms. The van der Waals surface area contributed by atoms with Gasteiger partial charge in [-0.05, 0) is 44.6 Å². The number of ether oxygens (including phenoxy) is 1. The van der Waals surface area contributed by atoms with E-state index in [0.717, 1.165) is 31.7 Å². The average molecular weight is 253 g/mol. The van der Waals surface area contributed by atoms with E-state index in [9.17, 15) is 4.79 Å². The third-order valence-corrected chi connectivity index (χ3v) is 4.74. The normalized spacial score (nSPS) is 29.9. The largest absolute Gasteiger partial charge is 0.468 e. The van der Waals surface area contributed by atoms with Gasteiger partial charge in [0.1, 0.15) is 6.04 Å². The molecule has 1 saturated carbocycles. The van der Waals surface area contributed by atoms with Crippen LogP contribution in [0.15, 0.2) is 0 Å². The van der Waals surface area contributed by atoms with E-state index in [-0.39, 0.29) is 12.0 Å². The molecule has 1 saturated heterocycles. The first kappa shape index (κ1) is 13.9. The molecule has 2 fully saturated rings. The average Bonchev–Trinajstić information content (AvgIpc) is 2.87. The van der Waals surface area contributed by atoms with E-state index in [4.69, 9.17) is 4.74 Å². The number of hydrogen-bond donors (Lipinski definition) is 0. The zero-order valence-corrected chi connectivity index (χ0v) is 11.9. The van der Waals surface area contributed by atoms with Crippen LogP contribution >= 0.6 is 0 Å². The molecule has 3 nitrogen and oxygen atoms in total. The summed E-state index contributed by atoms with van der Waals surface area (Å²) in [5, 5.41) is 0. The summed E-state index contributed by atoms with van der Waals surface area (Å²) in [6.07, 6.45) is 9.83. The van der Waals surface area contributed by atoms with Gasteiger partial charge in [-0.25, -0.2) is 0 Å². The minimum Gasteiger partial charge on any atom is -0.468 e. The van der Waals surface area contributed by atoms with Crippen LogP contribution < -0.4 is 0 Å². The van der Waals surface area contributed by atoms with Gasteiger partial charge in [0.2, 0.25) is 0 Å². The number of nitrogens with zero attached hydrogens (tertiary/aromatic N) is 1. The molecule has 0 aromatic carbocycles. The van der Waals surface area contributed by atoms with E-state index in [1.807, 2.05) is 0 Å². The van der Waals surface area contributed by atoms with Crippen LogP contribution in [-0.4, -0.2) is 36.6 Å². The van der Waals surface area contributed by atoms with Crippen molar-refractivity contribution in [2.45, 2.75) is 70.4 Å². The van der Waals surface area contributed by atoms with Gasteiger partial charge in [-0.2, -0.15) is 0 Å². The minimum absolute atomic E-state index is 0.0147. The molecule has 1 aliphatic heterocycles. The van der Waals surface area contributed by atoms with Gasteiger partial charge in [0.05, 0.1) is 7.11 Å². The van der Waals surface area contributed by atoms with Crippen molar-refractivity contribution in [3.05, 3.63) is 0 Å². The molecule has 104 valence electrons. The predicted molar refractivity (Wildman–Crippen MR) is 72.4 cm³/mol. The lowest BCUT2D eigenvalue weighted by Crippen LogP contribution is -2.51. The molecular weight excluding hydrogens is 226 g/mol. The van der Waals surface area contributed by atoms with Crippen molar-refractivity contribution in [2.75, 3.05) is 13.7 Å². The molecule has 0 bridgehead atoms. The lowest BCUT2D eigenvalue weighted by molar-refractivity contribution is -0.149. The lowest BCUT2D eigenvalue weighted by Gasteiger charge is -2.41. The zero-order valence-electron chi connectivity index (χ0n) is 11.9. The van der Waals surface area contributed by atoms with E-state index in [2.05, 4.69) is 11.8 Å². The molecule has 0 aromatic heterocycles. The van der Waals surface area contributed by atoms with Gasteiger partial charge >= 0.3 is 5.97 Å². The second-order valence-corrected chi connectivity index (χ2v) is 5.82. The lowest BCUT2D eigenvalue weighted by atomic mass is 9.90. The highest BCUT2D eigenvalue weighted by Gasteiger charge is 2.40. The third kappa shape index (κ3) is 2.87. The summed E-state index contributed by atoms with van der Waals surface area (Å²) in [5.41, 5.74) is 0. The van der Waals surface area contributed by atoms with E-state index in [0.29, 0.717) is 6.04 Å². The Hall–Kier alpha value is -0.570. The summed E-state index contributed by atoms with van der Waals surface area (Å²) >= 11 is 0. The highest BCUT2D eigenvalue weighted by atomic mass is 16.5. The van der Waals surface area contributed by atoms with Crippen LogP contribution in [0.5, 0.6) is 0 Å². The third-order valence-electron chi connectivity index (χ3n) is 4.74. The van der Waals surface area contributed by atoms with Crippen LogP contribution in [-0.2, 0) is 9.53 Å². The molecule has 3 atom stereocenters. The maximum atomic E-state index is 12.0. The second kappa shape index (κ2) is 6.55. The second-order valence-electron chi connectivity index (χ2n) is 5.82. The van der Waals surface area contributed by atoms with Gasteiger partial charge in [0.15, 0.2) is 0 Å². The zero-order chi connectivity index (χ0) is 13.0. The smallest absolute Gasteiger partial charge is 0.323 e. The number of piperidine rings is 1. The monoisotopic (exact) mass is 253 g/mol. The number of esters is 1. The Labute approximate surface area is 111 Å². The van der Waals surface area contributed by atoms with E-state index in [1.54, 1.807) is 0 Å². The van der Waals surface area contributed by atoms with Crippen molar-refractivity contribution in [1.82, 2.24) is 4.90 Å². The van der Waals surface area contributed by atoms with Crippen LogP contribution in [0, 0.1) is 5.92 Å². The Balaban J connectivity index is 2.05. The molecule has 1 heterocycles. The Kier molecular flexibility index (Phi) is 5.04. The van der Waals surface area contributed by atoms with Crippen LogP contribution in [0.3, 0.4) is 0 Å². The first-order valence-corrected chi connectivity index (χ1v) is 7.61. The van der Waals surface area contributed by atoms with Gasteiger partial charge in [0.25, 0.3) is 0 Å². The number of hydrogen-bond acceptors (Lipinski definition) is 3. The fourth-order valence-electron chi connectivity index (χ4n) is 3.83. The predicted octanol–water partition coefficient (Wildman–Crippen LogP) is 2.98. The van der Waals surface area contributed by atoms with Gasteiger partial charge in [-0.1, -0.05) is 26.2 Å². The molecular formula is C15H27NO2. The Morgan fingerprint density at radius 3 is 2.83 bits per heavy atom. The van der Waals surface area contributed by atoms with E-state index < -0.39 is 0 Å². The highest BCUT2D eigenvalue weighted by molar-refractivity contribution is 5.75. The van der Waals surface area contributed by atoms with Crippen LogP contribution in [0.2, 0.25) is 0 Å². The van der Waals surface area contributed by atoms with Crippen molar-refractivity contribution >= 4 is 5.97 Å². The SMILES string of the molecule is CCCCC(C(=O)OC)N1CCCC2CCCC21. The summed E-state index contributed by atoms with van der Waals surface area (Å²) in [5.74, 6) is 0.823. The molecule has 18 heavy (non-hydrogen) atoms. The number of rotatable bonds is 5. The van der Waals surface area contributed by atoms with Crippen LogP contribution in [0.1, 0.15) is 58.3 Å². The summed E-state index contributed by atoms with van der Waals surface area (Å²) in [6.45, 7) is 3.27. The van der Waals surface area contributed by atoms with Gasteiger partial charge < -0.3 is 4.74 Å². The van der Waals surface area contributed by atoms with Crippen molar-refractivity contribution in [3.63, 3.8) is 0 Å². The molecule has 1 aliphatic carbocycles. The summed E-state index contributed by atoms with van der Waals surface area (Å²) < 4.78 is 5.03. The van der Waals surface area contributed by atoms with Crippen molar-refractivity contribution < 1.29 is 9.53 Å². The van der Waals surface area contributed by atoms with Crippen molar-refractivity contribution in [2.24, 2.45) is 5.92 Å². The topological polar surface area (TPSA) is 29.5 Å². The number of unbranched alkanes of at least 4 members (excludes halogenated alkanes) is 1.